The Hall–Kier alpha value is -2.86. The van der Waals surface area contributed by atoms with Crippen LogP contribution < -0.4 is 19.7 Å². The summed E-state index contributed by atoms with van der Waals surface area (Å²) >= 11 is 1.38. The van der Waals surface area contributed by atoms with E-state index in [2.05, 4.69) is 38.4 Å². The number of hydrogen-bond acceptors (Lipinski definition) is 7. The summed E-state index contributed by atoms with van der Waals surface area (Å²) in [6.07, 6.45) is 4.95. The Morgan fingerprint density at radius 3 is 2.27 bits per heavy atom. The van der Waals surface area contributed by atoms with E-state index in [1.807, 2.05) is 30.0 Å². The number of benzene rings is 2. The second-order valence-corrected chi connectivity index (χ2v) is 12.5. The maximum atomic E-state index is 13.1. The van der Waals surface area contributed by atoms with Gasteiger partial charge in [-0.25, -0.2) is 13.2 Å². The number of aryl methyl sites for hydroxylation is 1. The molecule has 3 aromatic rings. The zero-order chi connectivity index (χ0) is 27.8. The highest BCUT2D eigenvalue weighted by molar-refractivity contribution is 7.92. The molecule has 0 unspecified atom stereocenters. The summed E-state index contributed by atoms with van der Waals surface area (Å²) in [6.45, 7) is 7.47. The molecular formula is C28H38ClN5O4S2. The Labute approximate surface area is 247 Å². The molecule has 0 saturated carbocycles. The van der Waals surface area contributed by atoms with E-state index in [0.717, 1.165) is 62.3 Å². The van der Waals surface area contributed by atoms with Crippen LogP contribution >= 0.6 is 23.9 Å². The molecule has 1 aliphatic heterocycles. The average Bonchev–Trinajstić information content (AvgIpc) is 3.32. The third-order valence-corrected chi connectivity index (χ3v) is 8.01. The van der Waals surface area contributed by atoms with Crippen molar-refractivity contribution in [1.29, 1.82) is 0 Å². The molecule has 0 radical (unpaired) electrons. The highest BCUT2D eigenvalue weighted by Gasteiger charge is 2.24. The lowest BCUT2D eigenvalue weighted by atomic mass is 10.0. The molecule has 1 saturated heterocycles. The van der Waals surface area contributed by atoms with Crippen LogP contribution in [0.15, 0.2) is 54.6 Å². The molecule has 9 nitrogen and oxygen atoms in total. The number of hydrogen-bond donors (Lipinski definition) is 2. The lowest BCUT2D eigenvalue weighted by molar-refractivity contribution is 0.188. The fourth-order valence-electron chi connectivity index (χ4n) is 4.46. The van der Waals surface area contributed by atoms with Gasteiger partial charge in [0.05, 0.1) is 11.9 Å². The first kappa shape index (κ1) is 31.7. The molecule has 0 bridgehead atoms. The van der Waals surface area contributed by atoms with Crippen molar-refractivity contribution >= 4 is 50.7 Å². The van der Waals surface area contributed by atoms with Gasteiger partial charge in [-0.1, -0.05) is 25.5 Å². The molecule has 0 atom stereocenters. The number of amides is 2. The molecule has 2 heterocycles. The van der Waals surface area contributed by atoms with Crippen LogP contribution in [0.1, 0.15) is 43.9 Å². The quantitative estimate of drug-likeness (QED) is 0.276. The second kappa shape index (κ2) is 14.7. The molecule has 12 heteroatoms. The number of ether oxygens (including phenoxy) is 1. The fraction of sp³-hybridized carbons (Fsp3) is 0.429. The lowest BCUT2D eigenvalue weighted by Crippen LogP contribution is -2.49. The molecule has 0 spiro atoms. The van der Waals surface area contributed by atoms with E-state index in [4.69, 9.17) is 4.74 Å². The monoisotopic (exact) mass is 607 g/mol. The van der Waals surface area contributed by atoms with Crippen molar-refractivity contribution in [3.8, 4) is 11.5 Å². The molecule has 40 heavy (non-hydrogen) atoms. The second-order valence-electron chi connectivity index (χ2n) is 9.96. The van der Waals surface area contributed by atoms with E-state index in [9.17, 15) is 13.2 Å². The summed E-state index contributed by atoms with van der Waals surface area (Å²) in [6, 6.07) is 16.9. The third kappa shape index (κ3) is 9.65. The van der Waals surface area contributed by atoms with Crippen molar-refractivity contribution in [2.75, 3.05) is 35.5 Å². The molecule has 1 aromatic heterocycles. The molecule has 1 aliphatic rings. The number of aromatic nitrogens is 1. The number of nitrogens with zero attached hydrogens (tertiary/aromatic N) is 3. The minimum atomic E-state index is -3.31. The number of urea groups is 1. The first-order valence-electron chi connectivity index (χ1n) is 13.3. The average molecular weight is 608 g/mol. The molecular weight excluding hydrogens is 570 g/mol. The number of anilines is 2. The standard InChI is InChI=1S/C28H37N5O4S2.ClH/c1-4-5-16-33(27-19-21(2)30-38-27)28(34)29-23-14-17-32(18-15-23)20-22-6-10-25(11-7-22)37-26-12-8-24(9-13-26)31-39(3,35)36;/h6-13,19,23,31H,4-5,14-18,20H2,1-3H3,(H,29,34);1H. The first-order valence-corrected chi connectivity index (χ1v) is 15.9. The summed E-state index contributed by atoms with van der Waals surface area (Å²) < 4.78 is 35.4. The van der Waals surface area contributed by atoms with Crippen LogP contribution in [0.2, 0.25) is 0 Å². The zero-order valence-corrected chi connectivity index (χ0v) is 25.6. The van der Waals surface area contributed by atoms with Crippen LogP contribution in [0.5, 0.6) is 11.5 Å². The van der Waals surface area contributed by atoms with Gasteiger partial charge in [-0.3, -0.25) is 14.5 Å². The Balaban J connectivity index is 0.00000441. The summed E-state index contributed by atoms with van der Waals surface area (Å²) in [5, 5.41) is 4.16. The van der Waals surface area contributed by atoms with Gasteiger partial charge in [0.1, 0.15) is 16.5 Å². The van der Waals surface area contributed by atoms with Gasteiger partial charge in [0.25, 0.3) is 0 Å². The van der Waals surface area contributed by atoms with Gasteiger partial charge in [-0.05, 0) is 85.7 Å². The highest BCUT2D eigenvalue weighted by Crippen LogP contribution is 2.25. The van der Waals surface area contributed by atoms with Crippen LogP contribution in [0.4, 0.5) is 15.5 Å². The first-order chi connectivity index (χ1) is 18.7. The van der Waals surface area contributed by atoms with Crippen molar-refractivity contribution in [3.63, 3.8) is 0 Å². The lowest BCUT2D eigenvalue weighted by Gasteiger charge is -2.33. The van der Waals surface area contributed by atoms with Gasteiger partial charge in [0.15, 0.2) is 0 Å². The number of unbranched alkanes of at least 4 members (excludes halogenated alkanes) is 1. The smallest absolute Gasteiger partial charge is 0.322 e. The van der Waals surface area contributed by atoms with E-state index in [1.54, 1.807) is 24.3 Å². The maximum Gasteiger partial charge on any atom is 0.322 e. The van der Waals surface area contributed by atoms with E-state index in [0.29, 0.717) is 23.7 Å². The van der Waals surface area contributed by atoms with Crippen molar-refractivity contribution in [1.82, 2.24) is 14.6 Å². The molecule has 2 aromatic carbocycles. The van der Waals surface area contributed by atoms with E-state index >= 15 is 0 Å². The van der Waals surface area contributed by atoms with E-state index in [-0.39, 0.29) is 24.5 Å². The van der Waals surface area contributed by atoms with Gasteiger partial charge >= 0.3 is 6.03 Å². The van der Waals surface area contributed by atoms with E-state index < -0.39 is 10.0 Å². The van der Waals surface area contributed by atoms with Gasteiger partial charge in [-0.2, -0.15) is 4.37 Å². The Morgan fingerprint density at radius 2 is 1.73 bits per heavy atom. The largest absolute Gasteiger partial charge is 0.457 e. The number of carbonyl (C=O) groups excluding carboxylic acids is 1. The Kier molecular flexibility index (Phi) is 11.6. The number of piperidine rings is 1. The van der Waals surface area contributed by atoms with Crippen LogP contribution in [0.3, 0.4) is 0 Å². The zero-order valence-electron chi connectivity index (χ0n) is 23.1. The number of likely N-dealkylation sites (tertiary alicyclic amines) is 1. The predicted octanol–water partition coefficient (Wildman–Crippen LogP) is 6.02. The molecule has 0 aliphatic carbocycles. The molecule has 2 amide bonds. The Morgan fingerprint density at radius 1 is 1.10 bits per heavy atom. The van der Waals surface area contributed by atoms with Gasteiger partial charge in [0.2, 0.25) is 10.0 Å². The van der Waals surface area contributed by atoms with Crippen molar-refractivity contribution < 1.29 is 17.9 Å². The number of carbonyl (C=O) groups is 1. The molecule has 2 N–H and O–H groups in total. The number of rotatable bonds is 11. The minimum absolute atomic E-state index is 0. The maximum absolute atomic E-state index is 13.1. The third-order valence-electron chi connectivity index (χ3n) is 6.50. The van der Waals surface area contributed by atoms with Crippen molar-refractivity contribution in [2.24, 2.45) is 0 Å². The normalized spacial score (nSPS) is 14.3. The highest BCUT2D eigenvalue weighted by atomic mass is 35.5. The van der Waals surface area contributed by atoms with Crippen molar-refractivity contribution in [2.45, 2.75) is 52.1 Å². The van der Waals surface area contributed by atoms with Gasteiger partial charge in [0, 0.05) is 37.9 Å². The fourth-order valence-corrected chi connectivity index (χ4v) is 5.81. The van der Waals surface area contributed by atoms with Crippen LogP contribution in [-0.4, -0.2) is 55.7 Å². The van der Waals surface area contributed by atoms with E-state index in [1.165, 1.54) is 17.1 Å². The number of sulfonamides is 1. The molecule has 4 rings (SSSR count). The summed E-state index contributed by atoms with van der Waals surface area (Å²) in [7, 11) is -3.31. The number of halogens is 1. The SMILES string of the molecule is CCCCN(C(=O)NC1CCN(Cc2ccc(Oc3ccc(NS(C)(=O)=O)cc3)cc2)CC1)c1cc(C)ns1.Cl. The molecule has 218 valence electrons. The predicted molar refractivity (Wildman–Crippen MR) is 165 cm³/mol. The van der Waals surface area contributed by atoms with Crippen LogP contribution in [0, 0.1) is 6.92 Å². The minimum Gasteiger partial charge on any atom is -0.457 e. The molecule has 1 fully saturated rings. The van der Waals surface area contributed by atoms with Crippen LogP contribution in [-0.2, 0) is 16.6 Å². The van der Waals surface area contributed by atoms with Crippen molar-refractivity contribution in [3.05, 3.63) is 65.9 Å². The Bertz CT molecular complexity index is 1330. The summed E-state index contributed by atoms with van der Waals surface area (Å²) in [5.41, 5.74) is 2.63. The summed E-state index contributed by atoms with van der Waals surface area (Å²) in [5.74, 6) is 1.34. The van der Waals surface area contributed by atoms with Gasteiger partial charge in [-0.15, -0.1) is 12.4 Å². The van der Waals surface area contributed by atoms with Gasteiger partial charge < -0.3 is 10.1 Å². The van der Waals surface area contributed by atoms with Crippen LogP contribution in [0.25, 0.3) is 0 Å². The number of nitrogens with one attached hydrogen (secondary N) is 2. The topological polar surface area (TPSA) is 104 Å². The summed E-state index contributed by atoms with van der Waals surface area (Å²) in [4.78, 5) is 17.3.